The van der Waals surface area contributed by atoms with Gasteiger partial charge in [0.2, 0.25) is 5.91 Å². The Labute approximate surface area is 216 Å². The van der Waals surface area contributed by atoms with E-state index in [0.29, 0.717) is 54.2 Å². The Morgan fingerprint density at radius 1 is 1.14 bits per heavy atom. The third kappa shape index (κ3) is 5.39. The zero-order valence-electron chi connectivity index (χ0n) is 21.6. The number of benzene rings is 1. The number of fused-ring (bicyclic) bond motifs is 1. The number of morpholine rings is 1. The van der Waals surface area contributed by atoms with Crippen LogP contribution in [-0.2, 0) is 19.1 Å². The van der Waals surface area contributed by atoms with Gasteiger partial charge in [0, 0.05) is 18.8 Å². The van der Waals surface area contributed by atoms with E-state index in [1.54, 1.807) is 14.2 Å². The maximum Gasteiger partial charge on any atom is 0.338 e. The first-order valence-corrected chi connectivity index (χ1v) is 12.8. The molecule has 3 aliphatic rings. The number of carbonyl (C=O) groups excluding carboxylic acids is 2. The summed E-state index contributed by atoms with van der Waals surface area (Å²) in [5, 5.41) is 2.65. The second-order valence-corrected chi connectivity index (χ2v) is 10.5. The van der Waals surface area contributed by atoms with Crippen molar-refractivity contribution in [1.82, 2.24) is 9.80 Å². The minimum absolute atomic E-state index is 0.0163. The molecule has 0 N–H and O–H groups in total. The number of aliphatic imine (C=N–C) groups is 1. The first-order valence-electron chi connectivity index (χ1n) is 11.9. The molecule has 0 bridgehead atoms. The summed E-state index contributed by atoms with van der Waals surface area (Å²) in [5.41, 5.74) is 1.91. The van der Waals surface area contributed by atoms with Gasteiger partial charge in [-0.15, -0.1) is 0 Å². The van der Waals surface area contributed by atoms with E-state index in [-0.39, 0.29) is 12.3 Å². The van der Waals surface area contributed by atoms with Gasteiger partial charge in [0.15, 0.2) is 16.7 Å². The van der Waals surface area contributed by atoms with E-state index in [2.05, 4.69) is 0 Å². The minimum Gasteiger partial charge on any atom is -0.493 e. The summed E-state index contributed by atoms with van der Waals surface area (Å²) in [6.07, 6.45) is 0.191. The number of thioether (sulfide) groups is 1. The number of carbonyl (C=O) groups is 2. The lowest BCUT2D eigenvalue weighted by atomic mass is 9.93. The van der Waals surface area contributed by atoms with Gasteiger partial charge in [-0.05, 0) is 50.8 Å². The average Bonchev–Trinajstić information content (AvgIpc) is 3.23. The van der Waals surface area contributed by atoms with E-state index in [1.807, 2.05) is 61.1 Å². The number of hydrogen-bond donors (Lipinski definition) is 0. The maximum absolute atomic E-state index is 13.5. The first-order chi connectivity index (χ1) is 17.1. The maximum atomic E-state index is 13.5. The van der Waals surface area contributed by atoms with Crippen LogP contribution in [0.5, 0.6) is 11.5 Å². The monoisotopic (exact) mass is 515 g/mol. The Morgan fingerprint density at radius 2 is 1.83 bits per heavy atom. The van der Waals surface area contributed by atoms with Crippen molar-refractivity contribution in [3.8, 4) is 11.5 Å². The standard InChI is InChI=1S/C26H33N3O6S/c1-16-22(24(31)35-26(2,3)4)23(17-7-8-19(32-5)20(13-17)33-6)29-18(15-36-25(29)27-16)14-21(30)28-9-11-34-12-10-28/h7-8,13,15,23H,9-12,14H2,1-6H3/t23-/m0/s1. The Kier molecular flexibility index (Phi) is 7.65. The molecule has 3 aliphatic heterocycles. The zero-order chi connectivity index (χ0) is 26.0. The van der Waals surface area contributed by atoms with Gasteiger partial charge in [-0.25, -0.2) is 9.79 Å². The predicted molar refractivity (Wildman–Crippen MR) is 138 cm³/mol. The molecule has 194 valence electrons. The third-order valence-electron chi connectivity index (χ3n) is 6.04. The van der Waals surface area contributed by atoms with Crippen molar-refractivity contribution in [2.45, 2.75) is 45.8 Å². The number of allylic oxidation sites excluding steroid dienone is 1. The molecule has 1 atom stereocenters. The molecule has 0 aliphatic carbocycles. The molecular formula is C26H33N3O6S. The van der Waals surface area contributed by atoms with Gasteiger partial charge in [0.1, 0.15) is 5.60 Å². The minimum atomic E-state index is -0.679. The van der Waals surface area contributed by atoms with Crippen molar-refractivity contribution >= 4 is 28.8 Å². The number of ether oxygens (including phenoxy) is 4. The van der Waals surface area contributed by atoms with E-state index in [4.69, 9.17) is 23.9 Å². The first kappa shape index (κ1) is 26.1. The van der Waals surface area contributed by atoms with Gasteiger partial charge in [0.05, 0.1) is 51.2 Å². The summed E-state index contributed by atoms with van der Waals surface area (Å²) in [6, 6.07) is 5.02. The van der Waals surface area contributed by atoms with Crippen LogP contribution in [0.4, 0.5) is 0 Å². The number of hydrogen-bond acceptors (Lipinski definition) is 9. The van der Waals surface area contributed by atoms with Gasteiger partial charge < -0.3 is 28.7 Å². The van der Waals surface area contributed by atoms with Crippen molar-refractivity contribution < 1.29 is 28.5 Å². The van der Waals surface area contributed by atoms with E-state index >= 15 is 0 Å². The highest BCUT2D eigenvalue weighted by molar-refractivity contribution is 8.16. The average molecular weight is 516 g/mol. The molecule has 0 aromatic heterocycles. The van der Waals surface area contributed by atoms with E-state index in [1.165, 1.54) is 11.8 Å². The second-order valence-electron chi connectivity index (χ2n) is 9.68. The molecule has 0 saturated carbocycles. The Balaban J connectivity index is 1.75. The number of amidine groups is 1. The fourth-order valence-electron chi connectivity index (χ4n) is 4.38. The Morgan fingerprint density at radius 3 is 2.47 bits per heavy atom. The number of rotatable bonds is 6. The van der Waals surface area contributed by atoms with Crippen LogP contribution in [0.15, 0.2) is 45.6 Å². The molecule has 1 aromatic carbocycles. The Hall–Kier alpha value is -2.98. The van der Waals surface area contributed by atoms with Crippen LogP contribution in [0.3, 0.4) is 0 Å². The molecule has 1 saturated heterocycles. The zero-order valence-corrected chi connectivity index (χ0v) is 22.4. The lowest BCUT2D eigenvalue weighted by molar-refractivity contribution is -0.150. The van der Waals surface area contributed by atoms with Crippen LogP contribution in [0, 0.1) is 0 Å². The van der Waals surface area contributed by atoms with Crippen molar-refractivity contribution in [2.24, 2.45) is 4.99 Å². The lowest BCUT2D eigenvalue weighted by Gasteiger charge is -2.37. The van der Waals surface area contributed by atoms with Crippen molar-refractivity contribution in [3.05, 3.63) is 46.1 Å². The highest BCUT2D eigenvalue weighted by Crippen LogP contribution is 2.46. The van der Waals surface area contributed by atoms with Gasteiger partial charge in [-0.2, -0.15) is 0 Å². The molecular weight excluding hydrogens is 482 g/mol. The summed E-state index contributed by atoms with van der Waals surface area (Å²) < 4.78 is 22.2. The van der Waals surface area contributed by atoms with Crippen LogP contribution in [0.25, 0.3) is 0 Å². The van der Waals surface area contributed by atoms with E-state index in [9.17, 15) is 9.59 Å². The van der Waals surface area contributed by atoms with Crippen LogP contribution in [0.2, 0.25) is 0 Å². The van der Waals surface area contributed by atoms with Crippen LogP contribution < -0.4 is 9.47 Å². The number of methoxy groups -OCH3 is 2. The molecule has 36 heavy (non-hydrogen) atoms. The molecule has 9 nitrogen and oxygen atoms in total. The van der Waals surface area contributed by atoms with Crippen molar-refractivity contribution in [1.29, 1.82) is 0 Å². The predicted octanol–water partition coefficient (Wildman–Crippen LogP) is 3.87. The topological polar surface area (TPSA) is 89.9 Å². The third-order valence-corrected chi connectivity index (χ3v) is 6.93. The van der Waals surface area contributed by atoms with Crippen LogP contribution in [0.1, 0.15) is 45.7 Å². The van der Waals surface area contributed by atoms with Crippen molar-refractivity contribution in [2.75, 3.05) is 40.5 Å². The summed E-state index contributed by atoms with van der Waals surface area (Å²) >= 11 is 1.45. The summed E-state index contributed by atoms with van der Waals surface area (Å²) in [4.78, 5) is 35.2. The van der Waals surface area contributed by atoms with Crippen LogP contribution in [-0.4, -0.2) is 73.0 Å². The van der Waals surface area contributed by atoms with Crippen molar-refractivity contribution in [3.63, 3.8) is 0 Å². The molecule has 0 unspecified atom stereocenters. The smallest absolute Gasteiger partial charge is 0.338 e. The number of amides is 1. The van der Waals surface area contributed by atoms with Gasteiger partial charge >= 0.3 is 5.97 Å². The van der Waals surface area contributed by atoms with E-state index < -0.39 is 17.6 Å². The highest BCUT2D eigenvalue weighted by atomic mass is 32.2. The fourth-order valence-corrected chi connectivity index (χ4v) is 5.35. The molecule has 0 radical (unpaired) electrons. The molecule has 1 aromatic rings. The Bertz CT molecular complexity index is 1130. The SMILES string of the molecule is COc1ccc([C@H]2C(C(=O)OC(C)(C)C)=C(C)N=C3SC=C(CC(=O)N4CCOCC4)N32)cc1OC. The molecule has 4 rings (SSSR count). The van der Waals surface area contributed by atoms with Gasteiger partial charge in [-0.3, -0.25) is 4.79 Å². The normalized spacial score (nSPS) is 20.0. The van der Waals surface area contributed by atoms with E-state index in [0.717, 1.165) is 11.3 Å². The number of esters is 1. The summed E-state index contributed by atoms with van der Waals surface area (Å²) in [7, 11) is 3.15. The molecule has 1 fully saturated rings. The molecule has 0 spiro atoms. The molecule has 3 heterocycles. The molecule has 10 heteroatoms. The largest absolute Gasteiger partial charge is 0.493 e. The quantitative estimate of drug-likeness (QED) is 0.528. The molecule has 1 amide bonds. The number of nitrogens with zero attached hydrogens (tertiary/aromatic N) is 3. The van der Waals surface area contributed by atoms with Gasteiger partial charge in [0.25, 0.3) is 0 Å². The van der Waals surface area contributed by atoms with Gasteiger partial charge in [-0.1, -0.05) is 17.8 Å². The van der Waals surface area contributed by atoms with Crippen LogP contribution >= 0.6 is 11.8 Å². The summed E-state index contributed by atoms with van der Waals surface area (Å²) in [5.74, 6) is 0.697. The highest BCUT2D eigenvalue weighted by Gasteiger charge is 2.42. The second kappa shape index (κ2) is 10.6. The lowest BCUT2D eigenvalue weighted by Crippen LogP contribution is -2.42. The fraction of sp³-hybridized carbons (Fsp3) is 0.500. The summed E-state index contributed by atoms with van der Waals surface area (Å²) in [6.45, 7) is 9.53.